The fraction of sp³-hybridized carbons (Fsp3) is 0.0833. The van der Waals surface area contributed by atoms with Gasteiger partial charge in [-0.05, 0) is 0 Å². The number of rotatable bonds is 1. The lowest BCUT2D eigenvalue weighted by Gasteiger charge is -2.10. The Balaban J connectivity index is 2.34. The SMILES string of the molecule is Fc1cc(F)c(-c2c(Cl)nc3nc(C(F)(F)F)nn3c2Cl)c(F)c1. The third-order valence-corrected chi connectivity index (χ3v) is 3.52. The van der Waals surface area contributed by atoms with Gasteiger partial charge >= 0.3 is 6.18 Å². The lowest BCUT2D eigenvalue weighted by molar-refractivity contribution is -0.144. The molecule has 24 heavy (non-hydrogen) atoms. The van der Waals surface area contributed by atoms with Gasteiger partial charge in [-0.3, -0.25) is 0 Å². The third kappa shape index (κ3) is 2.65. The van der Waals surface area contributed by atoms with Crippen molar-refractivity contribution in [2.24, 2.45) is 0 Å². The second-order valence-corrected chi connectivity index (χ2v) is 5.17. The van der Waals surface area contributed by atoms with Crippen molar-refractivity contribution in [3.8, 4) is 11.1 Å². The molecule has 0 saturated carbocycles. The van der Waals surface area contributed by atoms with E-state index in [4.69, 9.17) is 23.2 Å². The average molecular weight is 387 g/mol. The van der Waals surface area contributed by atoms with Gasteiger partial charge in [0.2, 0.25) is 0 Å². The maximum atomic E-state index is 13.9. The quantitative estimate of drug-likeness (QED) is 0.455. The van der Waals surface area contributed by atoms with Crippen molar-refractivity contribution in [2.45, 2.75) is 6.18 Å². The lowest BCUT2D eigenvalue weighted by atomic mass is 10.1. The first-order valence-corrected chi connectivity index (χ1v) is 6.69. The predicted octanol–water partition coefficient (Wildman–Crippen LogP) is 4.53. The molecule has 0 N–H and O–H groups in total. The summed E-state index contributed by atoms with van der Waals surface area (Å²) in [6, 6.07) is 0.718. The van der Waals surface area contributed by atoms with Crippen LogP contribution in [0.2, 0.25) is 10.3 Å². The van der Waals surface area contributed by atoms with Crippen LogP contribution in [-0.4, -0.2) is 19.6 Å². The molecule has 3 rings (SSSR count). The van der Waals surface area contributed by atoms with E-state index < -0.39 is 56.7 Å². The number of nitrogens with zero attached hydrogens (tertiary/aromatic N) is 4. The van der Waals surface area contributed by atoms with E-state index in [0.717, 1.165) is 0 Å². The minimum atomic E-state index is -4.89. The highest BCUT2D eigenvalue weighted by Crippen LogP contribution is 2.38. The Morgan fingerprint density at radius 2 is 1.50 bits per heavy atom. The first-order chi connectivity index (χ1) is 11.1. The highest BCUT2D eigenvalue weighted by molar-refractivity contribution is 6.38. The van der Waals surface area contributed by atoms with Gasteiger partial charge in [0, 0.05) is 12.1 Å². The van der Waals surface area contributed by atoms with Gasteiger partial charge in [0.05, 0.1) is 11.1 Å². The minimum Gasteiger partial charge on any atom is -0.207 e. The van der Waals surface area contributed by atoms with Crippen molar-refractivity contribution in [3.63, 3.8) is 0 Å². The number of halogens is 8. The molecular weight excluding hydrogens is 385 g/mol. The number of aromatic nitrogens is 4. The molecule has 0 unspecified atom stereocenters. The van der Waals surface area contributed by atoms with Gasteiger partial charge < -0.3 is 0 Å². The smallest absolute Gasteiger partial charge is 0.207 e. The summed E-state index contributed by atoms with van der Waals surface area (Å²) in [5.41, 5.74) is -1.44. The largest absolute Gasteiger partial charge is 0.453 e. The summed E-state index contributed by atoms with van der Waals surface area (Å²) in [5, 5.41) is 1.80. The molecule has 4 nitrogen and oxygen atoms in total. The summed E-state index contributed by atoms with van der Waals surface area (Å²) in [4.78, 5) is 6.59. The van der Waals surface area contributed by atoms with E-state index in [2.05, 4.69) is 15.1 Å². The van der Waals surface area contributed by atoms with Crippen LogP contribution in [0, 0.1) is 17.5 Å². The van der Waals surface area contributed by atoms with Crippen molar-refractivity contribution < 1.29 is 26.3 Å². The van der Waals surface area contributed by atoms with Crippen LogP contribution in [0.4, 0.5) is 26.3 Å². The normalized spacial score (nSPS) is 12.2. The molecule has 0 aliphatic carbocycles. The van der Waals surface area contributed by atoms with Crippen molar-refractivity contribution in [1.29, 1.82) is 0 Å². The van der Waals surface area contributed by atoms with Gasteiger partial charge in [0.1, 0.15) is 27.8 Å². The van der Waals surface area contributed by atoms with Gasteiger partial charge in [-0.1, -0.05) is 23.2 Å². The van der Waals surface area contributed by atoms with Crippen LogP contribution in [0.1, 0.15) is 5.82 Å². The Hall–Kier alpha value is -2.07. The summed E-state index contributed by atoms with van der Waals surface area (Å²) in [6.07, 6.45) is -4.89. The van der Waals surface area contributed by atoms with Gasteiger partial charge in [-0.25, -0.2) is 13.2 Å². The first-order valence-electron chi connectivity index (χ1n) is 5.93. The van der Waals surface area contributed by atoms with E-state index in [0.29, 0.717) is 16.6 Å². The van der Waals surface area contributed by atoms with Gasteiger partial charge in [0.25, 0.3) is 11.6 Å². The Labute approximate surface area is 138 Å². The Bertz CT molecular complexity index is 945. The number of fused-ring (bicyclic) bond motifs is 1. The highest BCUT2D eigenvalue weighted by atomic mass is 35.5. The van der Waals surface area contributed by atoms with Crippen molar-refractivity contribution in [2.75, 3.05) is 0 Å². The second kappa shape index (κ2) is 5.49. The molecule has 126 valence electrons. The molecule has 0 aliphatic rings. The van der Waals surface area contributed by atoms with E-state index >= 15 is 0 Å². The van der Waals surface area contributed by atoms with E-state index in [-0.39, 0.29) is 0 Å². The number of hydrogen-bond donors (Lipinski definition) is 0. The Morgan fingerprint density at radius 3 is 2.04 bits per heavy atom. The number of hydrogen-bond acceptors (Lipinski definition) is 3. The van der Waals surface area contributed by atoms with Crippen LogP contribution in [0.3, 0.4) is 0 Å². The molecule has 0 radical (unpaired) electrons. The lowest BCUT2D eigenvalue weighted by Crippen LogP contribution is -2.07. The fourth-order valence-electron chi connectivity index (χ4n) is 1.95. The molecule has 1 aromatic carbocycles. The number of benzene rings is 1. The van der Waals surface area contributed by atoms with E-state index in [1.807, 2.05) is 0 Å². The maximum absolute atomic E-state index is 13.9. The van der Waals surface area contributed by atoms with Crippen LogP contribution >= 0.6 is 23.2 Å². The van der Waals surface area contributed by atoms with E-state index in [1.54, 1.807) is 0 Å². The predicted molar refractivity (Wildman–Crippen MR) is 71.1 cm³/mol. The van der Waals surface area contributed by atoms with E-state index in [1.165, 1.54) is 0 Å². The average Bonchev–Trinajstić information content (AvgIpc) is 2.85. The molecule has 0 saturated heterocycles. The summed E-state index contributed by atoms with van der Waals surface area (Å²) in [6.45, 7) is 0. The third-order valence-electron chi connectivity index (χ3n) is 2.90. The van der Waals surface area contributed by atoms with E-state index in [9.17, 15) is 26.3 Å². The Morgan fingerprint density at radius 1 is 0.917 bits per heavy atom. The molecule has 2 heterocycles. The molecule has 2 aromatic heterocycles. The molecular formula is C12H2Cl2F6N4. The zero-order chi connectivity index (χ0) is 17.8. The second-order valence-electron chi connectivity index (χ2n) is 4.46. The molecule has 0 spiro atoms. The van der Waals surface area contributed by atoms with Crippen LogP contribution in [0.15, 0.2) is 12.1 Å². The molecule has 0 fully saturated rings. The monoisotopic (exact) mass is 386 g/mol. The molecule has 0 atom stereocenters. The van der Waals surface area contributed by atoms with Crippen LogP contribution in [0.5, 0.6) is 0 Å². The van der Waals surface area contributed by atoms with Crippen LogP contribution < -0.4 is 0 Å². The van der Waals surface area contributed by atoms with Crippen LogP contribution in [-0.2, 0) is 6.18 Å². The summed E-state index contributed by atoms with van der Waals surface area (Å²) < 4.78 is 79.2. The topological polar surface area (TPSA) is 43.1 Å². The zero-order valence-corrected chi connectivity index (χ0v) is 12.5. The van der Waals surface area contributed by atoms with Crippen molar-refractivity contribution >= 4 is 29.0 Å². The molecule has 0 amide bonds. The maximum Gasteiger partial charge on any atom is 0.453 e. The van der Waals surface area contributed by atoms with Crippen LogP contribution in [0.25, 0.3) is 16.9 Å². The summed E-state index contributed by atoms with van der Waals surface area (Å²) in [5.74, 6) is -6.12. The molecule has 3 aromatic rings. The summed E-state index contributed by atoms with van der Waals surface area (Å²) in [7, 11) is 0. The minimum absolute atomic E-state index is 0.359. The van der Waals surface area contributed by atoms with Crippen molar-refractivity contribution in [1.82, 2.24) is 19.6 Å². The van der Waals surface area contributed by atoms with Gasteiger partial charge in [-0.2, -0.15) is 27.7 Å². The highest BCUT2D eigenvalue weighted by Gasteiger charge is 2.37. The fourth-order valence-corrected chi connectivity index (χ4v) is 2.56. The number of alkyl halides is 3. The standard InChI is InChI=1S/C12H2Cl2F6N4/c13-8-7(6-4(16)1-3(15)2-5(6)17)9(14)24-11(21-8)22-10(23-24)12(18,19)20/h1-2H. The van der Waals surface area contributed by atoms with Crippen molar-refractivity contribution in [3.05, 3.63) is 45.7 Å². The molecule has 0 bridgehead atoms. The van der Waals surface area contributed by atoms with Gasteiger partial charge in [0.15, 0.2) is 0 Å². The molecule has 12 heteroatoms. The summed E-state index contributed by atoms with van der Waals surface area (Å²) >= 11 is 11.6. The zero-order valence-electron chi connectivity index (χ0n) is 11.0. The molecule has 0 aliphatic heterocycles. The Kier molecular flexibility index (Phi) is 3.83. The first kappa shape index (κ1) is 16.8. The van der Waals surface area contributed by atoms with Gasteiger partial charge in [-0.15, -0.1) is 5.10 Å².